The summed E-state index contributed by atoms with van der Waals surface area (Å²) < 4.78 is 2.86. The Hall–Kier alpha value is -0.910. The third-order valence-corrected chi connectivity index (χ3v) is 4.36. The van der Waals surface area contributed by atoms with E-state index in [1.807, 2.05) is 30.1 Å². The molecule has 0 aromatic carbocycles. The van der Waals surface area contributed by atoms with Crippen LogP contribution in [0.3, 0.4) is 0 Å². The van der Waals surface area contributed by atoms with Crippen LogP contribution in [0.5, 0.6) is 0 Å². The van der Waals surface area contributed by atoms with E-state index in [4.69, 9.17) is 11.6 Å². The van der Waals surface area contributed by atoms with Crippen LogP contribution in [0, 0.1) is 0 Å². The second-order valence-corrected chi connectivity index (χ2v) is 6.19. The molecule has 0 spiro atoms. The zero-order chi connectivity index (χ0) is 15.4. The second-order valence-electron chi connectivity index (χ2n) is 4.90. The molecule has 0 radical (unpaired) electrons. The Labute approximate surface area is 139 Å². The molecule has 6 heteroatoms. The number of halogens is 2. The normalized spacial score (nSPS) is 12.6. The van der Waals surface area contributed by atoms with Gasteiger partial charge in [-0.1, -0.05) is 25.4 Å². The maximum atomic E-state index is 6.45. The molecule has 0 aliphatic rings. The van der Waals surface area contributed by atoms with Crippen LogP contribution in [0.2, 0.25) is 5.02 Å². The Morgan fingerprint density at radius 1 is 1.38 bits per heavy atom. The van der Waals surface area contributed by atoms with Crippen LogP contribution in [0.1, 0.15) is 37.0 Å². The maximum absolute atomic E-state index is 6.45. The SMILES string of the molecule is CCNC(Cc1c(Cl)c(CC)nn1C)c1ccc(Br)cn1. The summed E-state index contributed by atoms with van der Waals surface area (Å²) in [5, 5.41) is 8.73. The lowest BCUT2D eigenvalue weighted by Gasteiger charge is -2.18. The summed E-state index contributed by atoms with van der Waals surface area (Å²) in [5.74, 6) is 0. The molecule has 1 N–H and O–H groups in total. The lowest BCUT2D eigenvalue weighted by molar-refractivity contribution is 0.517. The van der Waals surface area contributed by atoms with Gasteiger partial charge in [-0.25, -0.2) is 0 Å². The standard InChI is InChI=1S/C15H20BrClN4/c1-4-11-15(17)14(21(3)20-11)8-13(18-5-2)12-7-6-10(16)9-19-12/h6-7,9,13,18H,4-5,8H2,1-3H3. The Balaban J connectivity index is 2.28. The van der Waals surface area contributed by atoms with E-state index >= 15 is 0 Å². The quantitative estimate of drug-likeness (QED) is 0.842. The van der Waals surface area contributed by atoms with E-state index in [1.165, 1.54) is 0 Å². The van der Waals surface area contributed by atoms with E-state index in [9.17, 15) is 0 Å². The number of likely N-dealkylation sites (N-methyl/N-ethyl adjacent to an activating group) is 1. The highest BCUT2D eigenvalue weighted by atomic mass is 79.9. The topological polar surface area (TPSA) is 42.7 Å². The molecule has 0 amide bonds. The summed E-state index contributed by atoms with van der Waals surface area (Å²) in [6, 6.07) is 4.16. The third kappa shape index (κ3) is 3.84. The minimum atomic E-state index is 0.126. The van der Waals surface area contributed by atoms with Gasteiger partial charge < -0.3 is 5.32 Å². The van der Waals surface area contributed by atoms with Crippen molar-refractivity contribution in [1.82, 2.24) is 20.1 Å². The maximum Gasteiger partial charge on any atom is 0.0850 e. The van der Waals surface area contributed by atoms with Crippen molar-refractivity contribution in [2.45, 2.75) is 32.7 Å². The molecular formula is C15H20BrClN4. The lowest BCUT2D eigenvalue weighted by Crippen LogP contribution is -2.24. The van der Waals surface area contributed by atoms with Crippen LogP contribution in [0.15, 0.2) is 22.8 Å². The molecular weight excluding hydrogens is 352 g/mol. The van der Waals surface area contributed by atoms with Crippen LogP contribution in [-0.2, 0) is 19.9 Å². The first-order valence-corrected chi connectivity index (χ1v) is 8.28. The van der Waals surface area contributed by atoms with E-state index in [1.54, 1.807) is 0 Å². The number of aryl methyl sites for hydroxylation is 2. The van der Waals surface area contributed by atoms with Crippen molar-refractivity contribution in [3.05, 3.63) is 44.9 Å². The zero-order valence-corrected chi connectivity index (χ0v) is 14.9. The summed E-state index contributed by atoms with van der Waals surface area (Å²) in [5.41, 5.74) is 3.01. The predicted molar refractivity (Wildman–Crippen MR) is 89.7 cm³/mol. The van der Waals surface area contributed by atoms with E-state index in [0.29, 0.717) is 0 Å². The Kier molecular flexibility index (Phi) is 5.79. The van der Waals surface area contributed by atoms with Gasteiger partial charge in [-0.05, 0) is 41.0 Å². The predicted octanol–water partition coefficient (Wildman–Crippen LogP) is 3.69. The van der Waals surface area contributed by atoms with Crippen molar-refractivity contribution >= 4 is 27.5 Å². The number of pyridine rings is 1. The molecule has 0 aliphatic carbocycles. The van der Waals surface area contributed by atoms with Crippen LogP contribution >= 0.6 is 27.5 Å². The van der Waals surface area contributed by atoms with Crippen molar-refractivity contribution in [3.8, 4) is 0 Å². The largest absolute Gasteiger partial charge is 0.309 e. The average Bonchev–Trinajstić information content (AvgIpc) is 2.75. The smallest absolute Gasteiger partial charge is 0.0850 e. The number of aromatic nitrogens is 3. The molecule has 114 valence electrons. The van der Waals surface area contributed by atoms with Crippen molar-refractivity contribution in [2.75, 3.05) is 6.54 Å². The van der Waals surface area contributed by atoms with Gasteiger partial charge in [0.25, 0.3) is 0 Å². The van der Waals surface area contributed by atoms with Gasteiger partial charge in [0, 0.05) is 24.1 Å². The first kappa shape index (κ1) is 16.5. The average molecular weight is 372 g/mol. The molecule has 4 nitrogen and oxygen atoms in total. The summed E-state index contributed by atoms with van der Waals surface area (Å²) >= 11 is 9.87. The molecule has 0 bridgehead atoms. The van der Waals surface area contributed by atoms with E-state index in [-0.39, 0.29) is 6.04 Å². The minimum Gasteiger partial charge on any atom is -0.309 e. The molecule has 2 aromatic rings. The number of hydrogen-bond acceptors (Lipinski definition) is 3. The van der Waals surface area contributed by atoms with E-state index in [0.717, 1.165) is 46.0 Å². The Morgan fingerprint density at radius 3 is 2.67 bits per heavy atom. The fraction of sp³-hybridized carbons (Fsp3) is 0.467. The summed E-state index contributed by atoms with van der Waals surface area (Å²) in [4.78, 5) is 4.50. The molecule has 1 atom stereocenters. The number of nitrogens with zero attached hydrogens (tertiary/aromatic N) is 3. The summed E-state index contributed by atoms with van der Waals surface area (Å²) in [6.45, 7) is 5.03. The molecule has 0 saturated carbocycles. The molecule has 21 heavy (non-hydrogen) atoms. The number of rotatable bonds is 6. The van der Waals surface area contributed by atoms with Crippen molar-refractivity contribution < 1.29 is 0 Å². The monoisotopic (exact) mass is 370 g/mol. The molecule has 0 saturated heterocycles. The molecule has 2 rings (SSSR count). The van der Waals surface area contributed by atoms with Gasteiger partial charge in [0.15, 0.2) is 0 Å². The lowest BCUT2D eigenvalue weighted by atomic mass is 10.1. The first-order valence-electron chi connectivity index (χ1n) is 7.11. The van der Waals surface area contributed by atoms with Crippen molar-refractivity contribution in [1.29, 1.82) is 0 Å². The Morgan fingerprint density at radius 2 is 2.14 bits per heavy atom. The minimum absolute atomic E-state index is 0.126. The highest BCUT2D eigenvalue weighted by Crippen LogP contribution is 2.26. The molecule has 2 aromatic heterocycles. The van der Waals surface area contributed by atoms with Gasteiger partial charge >= 0.3 is 0 Å². The van der Waals surface area contributed by atoms with E-state index < -0.39 is 0 Å². The van der Waals surface area contributed by atoms with Gasteiger partial charge in [0.2, 0.25) is 0 Å². The highest BCUT2D eigenvalue weighted by molar-refractivity contribution is 9.10. The van der Waals surface area contributed by atoms with Gasteiger partial charge in [0.1, 0.15) is 0 Å². The fourth-order valence-corrected chi connectivity index (χ4v) is 2.96. The Bertz CT molecular complexity index is 594. The van der Waals surface area contributed by atoms with Crippen LogP contribution in [-0.4, -0.2) is 21.3 Å². The third-order valence-electron chi connectivity index (χ3n) is 3.46. The van der Waals surface area contributed by atoms with E-state index in [2.05, 4.69) is 45.2 Å². The van der Waals surface area contributed by atoms with Crippen molar-refractivity contribution in [3.63, 3.8) is 0 Å². The van der Waals surface area contributed by atoms with Gasteiger partial charge in [-0.3, -0.25) is 9.67 Å². The van der Waals surface area contributed by atoms with Gasteiger partial charge in [0.05, 0.1) is 28.1 Å². The molecule has 0 aliphatic heterocycles. The van der Waals surface area contributed by atoms with Crippen LogP contribution in [0.25, 0.3) is 0 Å². The fourth-order valence-electron chi connectivity index (χ4n) is 2.36. The zero-order valence-electron chi connectivity index (χ0n) is 12.5. The van der Waals surface area contributed by atoms with Crippen molar-refractivity contribution in [2.24, 2.45) is 7.05 Å². The van der Waals surface area contributed by atoms with Crippen LogP contribution in [0.4, 0.5) is 0 Å². The van der Waals surface area contributed by atoms with Crippen LogP contribution < -0.4 is 5.32 Å². The number of nitrogens with one attached hydrogen (secondary N) is 1. The number of hydrogen-bond donors (Lipinski definition) is 1. The second kappa shape index (κ2) is 7.38. The highest BCUT2D eigenvalue weighted by Gasteiger charge is 2.19. The molecule has 1 unspecified atom stereocenters. The molecule has 0 fully saturated rings. The van der Waals surface area contributed by atoms with Gasteiger partial charge in [-0.15, -0.1) is 0 Å². The van der Waals surface area contributed by atoms with Gasteiger partial charge in [-0.2, -0.15) is 5.10 Å². The first-order chi connectivity index (χ1) is 10.1. The molecule has 2 heterocycles. The summed E-state index contributed by atoms with van der Waals surface area (Å²) in [7, 11) is 1.94. The summed E-state index contributed by atoms with van der Waals surface area (Å²) in [6.07, 6.45) is 3.43.